The van der Waals surface area contributed by atoms with Crippen molar-refractivity contribution in [2.45, 2.75) is 12.5 Å². The molecule has 0 aliphatic carbocycles. The molecule has 1 atom stereocenters. The number of hydrogen-bond acceptors (Lipinski definition) is 6. The van der Waals surface area contributed by atoms with Crippen LogP contribution in [0.3, 0.4) is 0 Å². The summed E-state index contributed by atoms with van der Waals surface area (Å²) in [6.45, 7) is 3.86. The van der Waals surface area contributed by atoms with Crippen molar-refractivity contribution in [2.24, 2.45) is 0 Å². The zero-order chi connectivity index (χ0) is 17.5. The molecular weight excluding hydrogens is 348 g/mol. The van der Waals surface area contributed by atoms with Crippen molar-refractivity contribution in [3.8, 4) is 0 Å². The molecule has 0 saturated carbocycles. The number of piperazine rings is 1. The van der Waals surface area contributed by atoms with Crippen LogP contribution in [0.1, 0.15) is 17.4 Å². The van der Waals surface area contributed by atoms with Crippen LogP contribution in [0.2, 0.25) is 0 Å². The van der Waals surface area contributed by atoms with Gasteiger partial charge in [0.05, 0.1) is 22.2 Å². The van der Waals surface area contributed by atoms with E-state index in [4.69, 9.17) is 4.98 Å². The van der Waals surface area contributed by atoms with E-state index in [-0.39, 0.29) is 11.9 Å². The second-order valence-electron chi connectivity index (χ2n) is 6.68. The number of thiazole rings is 1. The van der Waals surface area contributed by atoms with Crippen molar-refractivity contribution in [1.82, 2.24) is 25.2 Å². The van der Waals surface area contributed by atoms with Gasteiger partial charge in [-0.3, -0.25) is 4.79 Å². The summed E-state index contributed by atoms with van der Waals surface area (Å²) >= 11 is 1.72. The van der Waals surface area contributed by atoms with Gasteiger partial charge in [-0.15, -0.1) is 0 Å². The minimum atomic E-state index is -0.320. The Kier molecular flexibility index (Phi) is 3.86. The maximum Gasteiger partial charge on any atom is 0.246 e. The van der Waals surface area contributed by atoms with E-state index in [2.05, 4.69) is 26.3 Å². The van der Waals surface area contributed by atoms with Gasteiger partial charge in [-0.2, -0.15) is 0 Å². The van der Waals surface area contributed by atoms with Crippen LogP contribution in [0.4, 0.5) is 5.13 Å². The Bertz CT molecular complexity index is 909. The molecule has 26 heavy (non-hydrogen) atoms. The lowest BCUT2D eigenvalue weighted by Crippen LogP contribution is -2.52. The number of rotatable bonds is 2. The summed E-state index contributed by atoms with van der Waals surface area (Å²) in [5, 5.41) is 4.37. The molecule has 134 valence electrons. The fourth-order valence-electron chi connectivity index (χ4n) is 3.72. The number of hydrogen-bond donors (Lipinski definition) is 2. The summed E-state index contributed by atoms with van der Waals surface area (Å²) in [6.07, 6.45) is 2.58. The third-order valence-electron chi connectivity index (χ3n) is 5.14. The molecule has 2 aromatic heterocycles. The second-order valence-corrected chi connectivity index (χ2v) is 7.69. The number of imidazole rings is 1. The first kappa shape index (κ1) is 15.8. The highest BCUT2D eigenvalue weighted by Gasteiger charge is 2.33. The zero-order valence-corrected chi connectivity index (χ0v) is 15.1. The maximum atomic E-state index is 13.0. The average Bonchev–Trinajstić information content (AvgIpc) is 3.34. The van der Waals surface area contributed by atoms with Gasteiger partial charge in [0.2, 0.25) is 5.91 Å². The Hall–Kier alpha value is -2.45. The number of H-pyrrole nitrogens is 1. The standard InChI is InChI=1S/C18H20N6OS/c25-17(16-15-13(5-6-19-16)20-11-21-15)23-7-9-24(10-8-23)18-22-12-3-1-2-4-14(12)26-18/h1-4,11,16,19H,5-10H2,(H,20,21)/t16-/m0/s1. The van der Waals surface area contributed by atoms with Gasteiger partial charge in [0, 0.05) is 44.8 Å². The third kappa shape index (κ3) is 2.65. The minimum Gasteiger partial charge on any atom is -0.348 e. The smallest absolute Gasteiger partial charge is 0.246 e. The number of nitrogens with zero attached hydrogens (tertiary/aromatic N) is 4. The molecule has 1 amide bonds. The Balaban J connectivity index is 1.28. The zero-order valence-electron chi connectivity index (χ0n) is 14.3. The molecule has 0 bridgehead atoms. The summed E-state index contributed by atoms with van der Waals surface area (Å²) in [5.74, 6) is 0.127. The van der Waals surface area contributed by atoms with Gasteiger partial charge >= 0.3 is 0 Å². The van der Waals surface area contributed by atoms with Crippen LogP contribution in [-0.2, 0) is 11.2 Å². The molecule has 1 fully saturated rings. The lowest BCUT2D eigenvalue weighted by molar-refractivity contribution is -0.134. The van der Waals surface area contributed by atoms with Crippen LogP contribution < -0.4 is 10.2 Å². The van der Waals surface area contributed by atoms with E-state index in [1.807, 2.05) is 23.1 Å². The molecule has 2 aliphatic rings. The predicted molar refractivity (Wildman–Crippen MR) is 101 cm³/mol. The van der Waals surface area contributed by atoms with Gasteiger partial charge in [-0.25, -0.2) is 9.97 Å². The van der Waals surface area contributed by atoms with Gasteiger partial charge in [0.1, 0.15) is 6.04 Å². The Morgan fingerprint density at radius 1 is 1.19 bits per heavy atom. The number of fused-ring (bicyclic) bond motifs is 2. The first-order valence-electron chi connectivity index (χ1n) is 8.94. The van der Waals surface area contributed by atoms with Gasteiger partial charge in [-0.1, -0.05) is 23.5 Å². The quantitative estimate of drug-likeness (QED) is 0.718. The minimum absolute atomic E-state index is 0.127. The van der Waals surface area contributed by atoms with Gasteiger partial charge in [-0.05, 0) is 12.1 Å². The lowest BCUT2D eigenvalue weighted by Gasteiger charge is -2.36. The molecule has 3 aromatic rings. The number of aromatic nitrogens is 3. The first-order valence-corrected chi connectivity index (χ1v) is 9.76. The van der Waals surface area contributed by atoms with Crippen molar-refractivity contribution in [3.63, 3.8) is 0 Å². The first-order chi connectivity index (χ1) is 12.8. The van der Waals surface area contributed by atoms with Crippen molar-refractivity contribution < 1.29 is 4.79 Å². The number of anilines is 1. The average molecular weight is 368 g/mol. The monoisotopic (exact) mass is 368 g/mol. The molecule has 8 heteroatoms. The number of para-hydroxylation sites is 1. The van der Waals surface area contributed by atoms with Gasteiger partial charge in [0.25, 0.3) is 0 Å². The van der Waals surface area contributed by atoms with Crippen LogP contribution in [0.5, 0.6) is 0 Å². The number of carbonyl (C=O) groups is 1. The van der Waals surface area contributed by atoms with E-state index in [0.29, 0.717) is 13.1 Å². The molecule has 0 spiro atoms. The van der Waals surface area contributed by atoms with E-state index in [0.717, 1.165) is 48.1 Å². The third-order valence-corrected chi connectivity index (χ3v) is 6.24. The molecule has 5 rings (SSSR count). The topological polar surface area (TPSA) is 77.2 Å². The van der Waals surface area contributed by atoms with Gasteiger partial charge < -0.3 is 20.1 Å². The Morgan fingerprint density at radius 2 is 2.04 bits per heavy atom. The molecule has 4 heterocycles. The fourth-order valence-corrected chi connectivity index (χ4v) is 4.74. The Morgan fingerprint density at radius 3 is 2.88 bits per heavy atom. The molecule has 1 aromatic carbocycles. The number of nitrogens with one attached hydrogen (secondary N) is 2. The van der Waals surface area contributed by atoms with Crippen LogP contribution in [0.25, 0.3) is 10.2 Å². The van der Waals surface area contributed by atoms with Gasteiger partial charge in [0.15, 0.2) is 5.13 Å². The number of carbonyl (C=O) groups excluding carboxylic acids is 1. The number of benzene rings is 1. The van der Waals surface area contributed by atoms with Crippen molar-refractivity contribution in [1.29, 1.82) is 0 Å². The predicted octanol–water partition coefficient (Wildman–Crippen LogP) is 1.55. The largest absolute Gasteiger partial charge is 0.348 e. The molecular formula is C18H20N6OS. The summed E-state index contributed by atoms with van der Waals surface area (Å²) in [7, 11) is 0. The van der Waals surface area contributed by atoms with Crippen LogP contribution in [-0.4, -0.2) is 58.5 Å². The molecule has 0 radical (unpaired) electrons. The van der Waals surface area contributed by atoms with Crippen LogP contribution in [0.15, 0.2) is 30.6 Å². The van der Waals surface area contributed by atoms with Crippen LogP contribution in [0, 0.1) is 0 Å². The van der Waals surface area contributed by atoms with Crippen LogP contribution >= 0.6 is 11.3 Å². The van der Waals surface area contributed by atoms with E-state index >= 15 is 0 Å². The second kappa shape index (κ2) is 6.37. The Labute approximate surface area is 155 Å². The SMILES string of the molecule is O=C([C@H]1NCCc2[nH]cnc21)N1CCN(c2nc3ccccc3s2)CC1. The fraction of sp³-hybridized carbons (Fsp3) is 0.389. The maximum absolute atomic E-state index is 13.0. The number of amides is 1. The van der Waals surface area contributed by atoms with Crippen molar-refractivity contribution >= 4 is 32.6 Å². The highest BCUT2D eigenvalue weighted by Crippen LogP contribution is 2.29. The number of aromatic amines is 1. The molecule has 0 unspecified atom stereocenters. The molecule has 7 nitrogen and oxygen atoms in total. The summed E-state index contributed by atoms with van der Waals surface area (Å²) in [4.78, 5) is 29.4. The van der Waals surface area contributed by atoms with E-state index in [1.54, 1.807) is 17.7 Å². The summed E-state index contributed by atoms with van der Waals surface area (Å²) in [5.41, 5.74) is 2.98. The molecule has 2 N–H and O–H groups in total. The summed E-state index contributed by atoms with van der Waals surface area (Å²) < 4.78 is 1.21. The molecule has 2 aliphatic heterocycles. The highest BCUT2D eigenvalue weighted by molar-refractivity contribution is 7.22. The molecule has 1 saturated heterocycles. The summed E-state index contributed by atoms with van der Waals surface area (Å²) in [6, 6.07) is 7.89. The van der Waals surface area contributed by atoms with E-state index < -0.39 is 0 Å². The van der Waals surface area contributed by atoms with Crippen molar-refractivity contribution in [3.05, 3.63) is 42.0 Å². The normalized spacial score (nSPS) is 20.4. The van der Waals surface area contributed by atoms with E-state index in [9.17, 15) is 4.79 Å². The van der Waals surface area contributed by atoms with E-state index in [1.165, 1.54) is 4.70 Å². The highest BCUT2D eigenvalue weighted by atomic mass is 32.1. The lowest BCUT2D eigenvalue weighted by atomic mass is 10.0. The van der Waals surface area contributed by atoms with Crippen molar-refractivity contribution in [2.75, 3.05) is 37.6 Å².